The van der Waals surface area contributed by atoms with Crippen LogP contribution in [0.4, 0.5) is 13.6 Å². The van der Waals surface area contributed by atoms with Crippen molar-refractivity contribution in [1.82, 2.24) is 9.58 Å². The maximum absolute atomic E-state index is 15.3. The monoisotopic (exact) mass is 583 g/mol. The van der Waals surface area contributed by atoms with Gasteiger partial charge in [0.15, 0.2) is 17.3 Å². The second-order valence-electron chi connectivity index (χ2n) is 10.2. The van der Waals surface area contributed by atoms with Crippen LogP contribution in [0.2, 0.25) is 0 Å². The third-order valence-corrected chi connectivity index (χ3v) is 8.48. The summed E-state index contributed by atoms with van der Waals surface area (Å²) in [4.78, 5) is 41.9. The van der Waals surface area contributed by atoms with Crippen molar-refractivity contribution in [2.75, 3.05) is 18.2 Å². The van der Waals surface area contributed by atoms with Crippen LogP contribution >= 0.6 is 11.8 Å². The number of hydrogen-bond acceptors (Lipinski definition) is 8. The van der Waals surface area contributed by atoms with Gasteiger partial charge in [-0.2, -0.15) is 0 Å². The van der Waals surface area contributed by atoms with Crippen molar-refractivity contribution in [1.29, 1.82) is 0 Å². The number of hydrogen-bond donors (Lipinski definition) is 0. The number of amides is 1. The Balaban J connectivity index is 1.63. The Morgan fingerprint density at radius 3 is 2.66 bits per heavy atom. The smallest absolute Gasteiger partial charge is 0.431 e. The minimum absolute atomic E-state index is 0.179. The van der Waals surface area contributed by atoms with Gasteiger partial charge in [0.05, 0.1) is 24.9 Å². The van der Waals surface area contributed by atoms with Crippen molar-refractivity contribution in [2.45, 2.75) is 55.8 Å². The van der Waals surface area contributed by atoms with Gasteiger partial charge < -0.3 is 19.1 Å². The van der Waals surface area contributed by atoms with Crippen molar-refractivity contribution < 1.29 is 32.6 Å². The van der Waals surface area contributed by atoms with Crippen LogP contribution in [0.15, 0.2) is 58.4 Å². The van der Waals surface area contributed by atoms with Crippen LogP contribution < -0.4 is 15.2 Å². The number of carbonyl (C=O) groups excluding carboxylic acids is 2. The van der Waals surface area contributed by atoms with Crippen molar-refractivity contribution in [3.63, 3.8) is 0 Å². The largest absolute Gasteiger partial charge is 0.514 e. The van der Waals surface area contributed by atoms with Crippen molar-refractivity contribution in [2.24, 2.45) is 0 Å². The van der Waals surface area contributed by atoms with Gasteiger partial charge in [0.1, 0.15) is 6.17 Å². The first kappa shape index (κ1) is 27.3. The molecule has 1 amide bonds. The molecule has 3 aromatic rings. The molecule has 41 heavy (non-hydrogen) atoms. The first-order valence-corrected chi connectivity index (χ1v) is 14.2. The zero-order chi connectivity index (χ0) is 29.0. The minimum atomic E-state index is -1.12. The lowest BCUT2D eigenvalue weighted by Gasteiger charge is -2.53. The molecule has 0 aliphatic carbocycles. The minimum Gasteiger partial charge on any atom is -0.431 e. The number of thioether (sulfide) groups is 1. The van der Waals surface area contributed by atoms with E-state index in [0.29, 0.717) is 5.56 Å². The molecule has 2 unspecified atom stereocenters. The Labute approximate surface area is 238 Å². The highest BCUT2D eigenvalue weighted by molar-refractivity contribution is 7.98. The lowest BCUT2D eigenvalue weighted by molar-refractivity contribution is -0.0653. The van der Waals surface area contributed by atoms with E-state index in [1.54, 1.807) is 24.8 Å². The lowest BCUT2D eigenvalue weighted by Crippen LogP contribution is -2.68. The zero-order valence-corrected chi connectivity index (χ0v) is 23.3. The molecule has 3 aliphatic rings. The Bertz CT molecular complexity index is 1610. The first-order valence-electron chi connectivity index (χ1n) is 13.2. The molecule has 12 heteroatoms. The van der Waals surface area contributed by atoms with Gasteiger partial charge in [-0.1, -0.05) is 24.3 Å². The summed E-state index contributed by atoms with van der Waals surface area (Å²) in [6.45, 7) is 5.51. The SMILES string of the molecule is CC(C)OC(=O)Oc1c2n(ccc1=O)N([C@@H]1c3ccccc3SCc3c1ccc(F)c3F)C1C(C)OCCN1C2=O. The number of benzene rings is 2. The van der Waals surface area contributed by atoms with Gasteiger partial charge in [-0.15, -0.1) is 11.8 Å². The van der Waals surface area contributed by atoms with Crippen LogP contribution in [-0.4, -0.2) is 53.2 Å². The van der Waals surface area contributed by atoms with Crippen LogP contribution in [0.25, 0.3) is 0 Å². The number of morpholine rings is 1. The van der Waals surface area contributed by atoms with Crippen molar-refractivity contribution in [3.05, 3.63) is 92.9 Å². The van der Waals surface area contributed by atoms with Crippen molar-refractivity contribution >= 4 is 23.8 Å². The molecular weight excluding hydrogens is 556 g/mol. The molecule has 1 aromatic heterocycles. The first-order chi connectivity index (χ1) is 19.7. The van der Waals surface area contributed by atoms with Crippen LogP contribution in [0, 0.1) is 11.6 Å². The second kappa shape index (κ2) is 10.5. The fourth-order valence-electron chi connectivity index (χ4n) is 5.67. The number of pyridine rings is 1. The van der Waals surface area contributed by atoms with E-state index < -0.39 is 59.3 Å². The molecule has 0 bridgehead atoms. The Morgan fingerprint density at radius 2 is 1.88 bits per heavy atom. The number of carbonyl (C=O) groups is 2. The van der Waals surface area contributed by atoms with Crippen LogP contribution in [-0.2, 0) is 15.2 Å². The van der Waals surface area contributed by atoms with Gasteiger partial charge in [0.25, 0.3) is 5.91 Å². The molecule has 0 radical (unpaired) electrons. The zero-order valence-electron chi connectivity index (χ0n) is 22.5. The fourth-order valence-corrected chi connectivity index (χ4v) is 6.79. The molecule has 3 aliphatic heterocycles. The van der Waals surface area contributed by atoms with E-state index in [4.69, 9.17) is 14.2 Å². The lowest BCUT2D eigenvalue weighted by atomic mass is 9.92. The quantitative estimate of drug-likeness (QED) is 0.414. The van der Waals surface area contributed by atoms with Gasteiger partial charge >= 0.3 is 6.16 Å². The standard InChI is InChI=1S/C29H27F2N3O6S/c1-15(2)39-29(37)40-26-21(35)10-11-33-25(26)28(36)32-12-13-38-16(3)27(32)34(33)24-17-8-9-20(30)23(31)19(17)14-41-22-7-5-4-6-18(22)24/h4-11,15-16,24,27H,12-14H2,1-3H3/t16?,24-,27?/m0/s1. The molecule has 3 atom stereocenters. The summed E-state index contributed by atoms with van der Waals surface area (Å²) in [5.74, 6) is -2.72. The number of aromatic nitrogens is 1. The summed E-state index contributed by atoms with van der Waals surface area (Å²) in [6, 6.07) is 10.6. The molecule has 0 spiro atoms. The number of rotatable bonds is 3. The van der Waals surface area contributed by atoms with Crippen LogP contribution in [0.5, 0.6) is 5.75 Å². The second-order valence-corrected chi connectivity index (χ2v) is 11.3. The predicted molar refractivity (Wildman–Crippen MR) is 146 cm³/mol. The molecule has 9 nitrogen and oxygen atoms in total. The molecular formula is C29H27F2N3O6S. The van der Waals surface area contributed by atoms with E-state index in [1.807, 2.05) is 36.2 Å². The summed E-state index contributed by atoms with van der Waals surface area (Å²) in [7, 11) is 0. The average Bonchev–Trinajstić information content (AvgIpc) is 3.10. The summed E-state index contributed by atoms with van der Waals surface area (Å²) in [5, 5.41) is 1.82. The molecule has 214 valence electrons. The molecule has 6 rings (SSSR count). The molecule has 4 heterocycles. The van der Waals surface area contributed by atoms with Gasteiger partial charge in [0.2, 0.25) is 11.2 Å². The Kier molecular flexibility index (Phi) is 6.98. The molecule has 1 fully saturated rings. The van der Waals surface area contributed by atoms with E-state index in [2.05, 4.69) is 0 Å². The van der Waals surface area contributed by atoms with E-state index >= 15 is 4.39 Å². The van der Waals surface area contributed by atoms with E-state index in [1.165, 1.54) is 28.7 Å². The van der Waals surface area contributed by atoms with E-state index in [9.17, 15) is 18.8 Å². The van der Waals surface area contributed by atoms with E-state index in [-0.39, 0.29) is 30.2 Å². The van der Waals surface area contributed by atoms with Gasteiger partial charge in [-0.3, -0.25) is 19.3 Å². The van der Waals surface area contributed by atoms with Gasteiger partial charge in [-0.05, 0) is 44.0 Å². The number of fused-ring (bicyclic) bond motifs is 4. The summed E-state index contributed by atoms with van der Waals surface area (Å²) in [5.41, 5.74) is 0.626. The molecule has 1 saturated heterocycles. The average molecular weight is 584 g/mol. The molecule has 0 N–H and O–H groups in total. The highest BCUT2D eigenvalue weighted by atomic mass is 32.2. The number of ether oxygens (including phenoxy) is 3. The molecule has 0 saturated carbocycles. The van der Waals surface area contributed by atoms with Gasteiger partial charge in [0, 0.05) is 35.0 Å². The third kappa shape index (κ3) is 4.55. The highest BCUT2D eigenvalue weighted by Crippen LogP contribution is 2.45. The maximum atomic E-state index is 15.3. The highest BCUT2D eigenvalue weighted by Gasteiger charge is 2.49. The predicted octanol–water partition coefficient (Wildman–Crippen LogP) is 4.58. The topological polar surface area (TPSA) is 90.3 Å². The molecule has 2 aromatic carbocycles. The van der Waals surface area contributed by atoms with E-state index in [0.717, 1.165) is 16.5 Å². The Morgan fingerprint density at radius 1 is 1.10 bits per heavy atom. The number of nitrogens with zero attached hydrogens (tertiary/aromatic N) is 3. The summed E-state index contributed by atoms with van der Waals surface area (Å²) in [6.07, 6.45) is -1.43. The third-order valence-electron chi connectivity index (χ3n) is 7.36. The number of halogens is 2. The summed E-state index contributed by atoms with van der Waals surface area (Å²) >= 11 is 1.38. The normalized spacial score (nSPS) is 21.4. The van der Waals surface area contributed by atoms with Gasteiger partial charge in [-0.25, -0.2) is 13.6 Å². The van der Waals surface area contributed by atoms with Crippen LogP contribution in [0.3, 0.4) is 0 Å². The summed E-state index contributed by atoms with van der Waals surface area (Å²) < 4.78 is 47.7. The van der Waals surface area contributed by atoms with Crippen LogP contribution in [0.1, 0.15) is 54.0 Å². The maximum Gasteiger partial charge on any atom is 0.514 e. The van der Waals surface area contributed by atoms with Crippen molar-refractivity contribution in [3.8, 4) is 5.75 Å². The Hall–Kier alpha value is -3.90. The fraction of sp³-hybridized carbons (Fsp3) is 0.345.